The number of nitrogens with zero attached hydrogens (tertiary/aromatic N) is 1. The summed E-state index contributed by atoms with van der Waals surface area (Å²) in [5.41, 5.74) is -3.74. The molecule has 1 aliphatic carbocycles. The predicted molar refractivity (Wildman–Crippen MR) is 107 cm³/mol. The zero-order chi connectivity index (χ0) is 23.9. The van der Waals surface area contributed by atoms with Gasteiger partial charge in [-0.2, -0.15) is 13.2 Å². The summed E-state index contributed by atoms with van der Waals surface area (Å²) < 4.78 is 44.4. The monoisotopic (exact) mass is 455 g/mol. The molecule has 0 fully saturated rings. The van der Waals surface area contributed by atoms with Gasteiger partial charge in [0.2, 0.25) is 5.78 Å². The number of carbonyl (C=O) groups is 3. The third-order valence-corrected chi connectivity index (χ3v) is 5.15. The molecule has 33 heavy (non-hydrogen) atoms. The SMILES string of the molecule is O=C1c2ccccc2C(=O)c2c1ccc(C(=O)OCc1ccccc1C(F)(F)F)c2[N+](=O)[O-]. The first kappa shape index (κ1) is 21.9. The number of halogens is 3. The number of rotatable bonds is 4. The van der Waals surface area contributed by atoms with Gasteiger partial charge in [0.15, 0.2) is 5.78 Å². The minimum absolute atomic E-state index is 0.0530. The minimum atomic E-state index is -4.69. The fourth-order valence-electron chi connectivity index (χ4n) is 3.67. The van der Waals surface area contributed by atoms with Crippen LogP contribution in [0.15, 0.2) is 60.7 Å². The Kier molecular flexibility index (Phi) is 5.28. The van der Waals surface area contributed by atoms with Gasteiger partial charge < -0.3 is 4.74 Å². The van der Waals surface area contributed by atoms with E-state index in [0.29, 0.717) is 0 Å². The van der Waals surface area contributed by atoms with Crippen LogP contribution in [0.25, 0.3) is 0 Å². The molecule has 0 N–H and O–H groups in total. The summed E-state index contributed by atoms with van der Waals surface area (Å²) in [6, 6.07) is 12.2. The number of carbonyl (C=O) groups excluding carboxylic acids is 3. The van der Waals surface area contributed by atoms with Crippen molar-refractivity contribution in [2.75, 3.05) is 0 Å². The molecule has 0 spiro atoms. The summed E-state index contributed by atoms with van der Waals surface area (Å²) in [7, 11) is 0. The third kappa shape index (κ3) is 3.75. The summed E-state index contributed by atoms with van der Waals surface area (Å²) in [6.07, 6.45) is -4.69. The van der Waals surface area contributed by atoms with Crippen LogP contribution in [0, 0.1) is 10.1 Å². The lowest BCUT2D eigenvalue weighted by atomic mass is 9.82. The number of alkyl halides is 3. The van der Waals surface area contributed by atoms with Gasteiger partial charge in [-0.25, -0.2) is 4.79 Å². The predicted octanol–water partition coefficient (Wildman–Crippen LogP) is 4.75. The van der Waals surface area contributed by atoms with Gasteiger partial charge in [-0.15, -0.1) is 0 Å². The number of nitro groups is 1. The Morgan fingerprint density at radius 3 is 2.12 bits per heavy atom. The second-order valence-corrected chi connectivity index (χ2v) is 7.08. The van der Waals surface area contributed by atoms with E-state index in [4.69, 9.17) is 4.74 Å². The maximum atomic E-state index is 13.2. The van der Waals surface area contributed by atoms with Crippen molar-refractivity contribution in [1.29, 1.82) is 0 Å². The fourth-order valence-corrected chi connectivity index (χ4v) is 3.67. The van der Waals surface area contributed by atoms with Gasteiger partial charge in [-0.05, 0) is 18.2 Å². The lowest BCUT2D eigenvalue weighted by molar-refractivity contribution is -0.385. The Morgan fingerprint density at radius 1 is 0.879 bits per heavy atom. The summed E-state index contributed by atoms with van der Waals surface area (Å²) in [5, 5.41) is 11.8. The molecule has 1 aliphatic rings. The molecular weight excluding hydrogens is 443 g/mol. The Balaban J connectivity index is 1.73. The Morgan fingerprint density at radius 2 is 1.48 bits per heavy atom. The Bertz CT molecular complexity index is 1350. The van der Waals surface area contributed by atoms with Crippen LogP contribution in [0.2, 0.25) is 0 Å². The van der Waals surface area contributed by atoms with E-state index >= 15 is 0 Å². The highest BCUT2D eigenvalue weighted by Crippen LogP contribution is 2.36. The maximum Gasteiger partial charge on any atom is 0.416 e. The van der Waals surface area contributed by atoms with Gasteiger partial charge in [0.05, 0.1) is 10.5 Å². The zero-order valence-corrected chi connectivity index (χ0v) is 16.5. The molecule has 7 nitrogen and oxygen atoms in total. The number of ether oxygens (including phenoxy) is 1. The van der Waals surface area contributed by atoms with Crippen molar-refractivity contribution in [1.82, 2.24) is 0 Å². The molecule has 0 bridgehead atoms. The molecule has 0 saturated heterocycles. The number of hydrogen-bond donors (Lipinski definition) is 0. The highest BCUT2D eigenvalue weighted by atomic mass is 19.4. The second kappa shape index (κ2) is 7.97. The van der Waals surface area contributed by atoms with Gasteiger partial charge in [-0.1, -0.05) is 42.5 Å². The minimum Gasteiger partial charge on any atom is -0.457 e. The summed E-state index contributed by atoms with van der Waals surface area (Å²) >= 11 is 0. The molecule has 0 heterocycles. The van der Waals surface area contributed by atoms with Crippen molar-refractivity contribution >= 4 is 23.2 Å². The first-order valence-corrected chi connectivity index (χ1v) is 9.43. The second-order valence-electron chi connectivity index (χ2n) is 7.08. The topological polar surface area (TPSA) is 104 Å². The van der Waals surface area contributed by atoms with Gasteiger partial charge in [-0.3, -0.25) is 19.7 Å². The molecule has 0 aromatic heterocycles. The van der Waals surface area contributed by atoms with Crippen LogP contribution in [0.5, 0.6) is 0 Å². The molecule has 4 rings (SSSR count). The first-order chi connectivity index (χ1) is 15.6. The molecule has 0 atom stereocenters. The van der Waals surface area contributed by atoms with Crippen LogP contribution in [0.1, 0.15) is 53.3 Å². The summed E-state index contributed by atoms with van der Waals surface area (Å²) in [4.78, 5) is 49.1. The van der Waals surface area contributed by atoms with Crippen LogP contribution in [-0.4, -0.2) is 22.5 Å². The van der Waals surface area contributed by atoms with Crippen LogP contribution < -0.4 is 0 Å². The van der Waals surface area contributed by atoms with E-state index in [1.54, 1.807) is 0 Å². The van der Waals surface area contributed by atoms with E-state index in [-0.39, 0.29) is 22.3 Å². The molecule has 0 radical (unpaired) electrons. The fraction of sp³-hybridized carbons (Fsp3) is 0.0870. The number of esters is 1. The number of ketones is 2. The van der Waals surface area contributed by atoms with Crippen LogP contribution in [0.3, 0.4) is 0 Å². The third-order valence-electron chi connectivity index (χ3n) is 5.15. The van der Waals surface area contributed by atoms with Crippen molar-refractivity contribution in [2.24, 2.45) is 0 Å². The van der Waals surface area contributed by atoms with Crippen LogP contribution >= 0.6 is 0 Å². The first-order valence-electron chi connectivity index (χ1n) is 9.43. The van der Waals surface area contributed by atoms with Gasteiger partial charge in [0.1, 0.15) is 17.7 Å². The molecule has 0 aliphatic heterocycles. The van der Waals surface area contributed by atoms with E-state index in [9.17, 15) is 37.7 Å². The van der Waals surface area contributed by atoms with Crippen molar-refractivity contribution in [3.8, 4) is 0 Å². The van der Waals surface area contributed by atoms with Crippen molar-refractivity contribution in [3.63, 3.8) is 0 Å². The number of hydrogen-bond acceptors (Lipinski definition) is 6. The van der Waals surface area contributed by atoms with Gasteiger partial charge >= 0.3 is 12.1 Å². The van der Waals surface area contributed by atoms with Crippen molar-refractivity contribution < 1.29 is 37.2 Å². The van der Waals surface area contributed by atoms with E-state index < -0.39 is 57.6 Å². The molecule has 3 aromatic carbocycles. The highest BCUT2D eigenvalue weighted by molar-refractivity contribution is 6.30. The van der Waals surface area contributed by atoms with Crippen LogP contribution in [0.4, 0.5) is 18.9 Å². The zero-order valence-electron chi connectivity index (χ0n) is 16.5. The number of nitro benzene ring substituents is 1. The number of fused-ring (bicyclic) bond motifs is 2. The molecule has 0 saturated carbocycles. The van der Waals surface area contributed by atoms with Gasteiger partial charge in [0, 0.05) is 22.3 Å². The van der Waals surface area contributed by atoms with Crippen molar-refractivity contribution in [3.05, 3.63) is 110 Å². The molecule has 0 unspecified atom stereocenters. The quantitative estimate of drug-likeness (QED) is 0.250. The Labute approximate surface area is 183 Å². The lowest BCUT2D eigenvalue weighted by Gasteiger charge is -2.18. The smallest absolute Gasteiger partial charge is 0.416 e. The summed E-state index contributed by atoms with van der Waals surface area (Å²) in [6.45, 7) is -0.807. The van der Waals surface area contributed by atoms with E-state index in [2.05, 4.69) is 0 Å². The Hall–Kier alpha value is -4.34. The standard InChI is InChI=1S/C23H12F3NO6/c24-23(25,26)17-8-4-1-5-12(17)11-33-22(30)16-10-9-15-18(19(16)27(31)32)21(29)14-7-3-2-6-13(14)20(15)28/h1-10H,11H2. The maximum absolute atomic E-state index is 13.2. The summed E-state index contributed by atoms with van der Waals surface area (Å²) in [5.74, 6) is -2.74. The normalized spacial score (nSPS) is 12.7. The average Bonchev–Trinajstić information content (AvgIpc) is 2.79. The van der Waals surface area contributed by atoms with E-state index in [1.807, 2.05) is 0 Å². The van der Waals surface area contributed by atoms with E-state index in [0.717, 1.165) is 24.3 Å². The van der Waals surface area contributed by atoms with Gasteiger partial charge in [0.25, 0.3) is 5.69 Å². The lowest BCUT2D eigenvalue weighted by Crippen LogP contribution is -2.24. The largest absolute Gasteiger partial charge is 0.457 e. The average molecular weight is 455 g/mol. The van der Waals surface area contributed by atoms with E-state index in [1.165, 1.54) is 36.4 Å². The molecule has 0 amide bonds. The molecule has 166 valence electrons. The molecular formula is C23H12F3NO6. The highest BCUT2D eigenvalue weighted by Gasteiger charge is 2.39. The molecule has 3 aromatic rings. The van der Waals surface area contributed by atoms with Crippen molar-refractivity contribution in [2.45, 2.75) is 12.8 Å². The molecule has 10 heteroatoms. The number of benzene rings is 3. The van der Waals surface area contributed by atoms with Crippen LogP contribution in [-0.2, 0) is 17.5 Å².